The number of amides is 1. The van der Waals surface area contributed by atoms with Crippen LogP contribution in [0.2, 0.25) is 0 Å². The molecule has 0 radical (unpaired) electrons. The van der Waals surface area contributed by atoms with Crippen LogP contribution in [0, 0.1) is 11.7 Å². The molecule has 9 nitrogen and oxygen atoms in total. The van der Waals surface area contributed by atoms with E-state index >= 15 is 0 Å². The van der Waals surface area contributed by atoms with Gasteiger partial charge in [0.15, 0.2) is 5.69 Å². The lowest BCUT2D eigenvalue weighted by molar-refractivity contribution is -0.137. The van der Waals surface area contributed by atoms with Gasteiger partial charge in [0.1, 0.15) is 23.9 Å². The first kappa shape index (κ1) is 26.7. The van der Waals surface area contributed by atoms with Gasteiger partial charge in [-0.25, -0.2) is 4.39 Å². The number of hydrogen-bond acceptors (Lipinski definition) is 6. The number of methoxy groups -OCH3 is 1. The summed E-state index contributed by atoms with van der Waals surface area (Å²) in [5, 5.41) is 26.9. The summed E-state index contributed by atoms with van der Waals surface area (Å²) in [6.07, 6.45) is -0.368. The van der Waals surface area contributed by atoms with Crippen LogP contribution in [0.4, 0.5) is 4.39 Å². The van der Waals surface area contributed by atoms with Gasteiger partial charge in [0, 0.05) is 6.07 Å². The Kier molecular flexibility index (Phi) is 8.31. The number of rotatable bonds is 11. The van der Waals surface area contributed by atoms with Crippen LogP contribution in [0.1, 0.15) is 49.3 Å². The summed E-state index contributed by atoms with van der Waals surface area (Å²) in [5.41, 5.74) is -0.688. The summed E-state index contributed by atoms with van der Waals surface area (Å²) < 4.78 is 26.6. The number of aliphatic carboxylic acids is 1. The summed E-state index contributed by atoms with van der Waals surface area (Å²) in [6.45, 7) is 5.15. The van der Waals surface area contributed by atoms with Crippen LogP contribution in [-0.2, 0) is 4.79 Å². The van der Waals surface area contributed by atoms with Gasteiger partial charge in [-0.2, -0.15) is 9.78 Å². The molecular formula is C26H30FN3O6. The van der Waals surface area contributed by atoms with Crippen LogP contribution in [0.3, 0.4) is 0 Å². The molecular weight excluding hydrogens is 469 g/mol. The number of nitrogens with zero attached hydrogens (tertiary/aromatic N) is 2. The van der Waals surface area contributed by atoms with Crippen LogP contribution >= 0.6 is 0 Å². The molecule has 3 N–H and O–H groups in total. The maximum atomic E-state index is 14.6. The third-order valence-electron chi connectivity index (χ3n) is 5.95. The predicted molar refractivity (Wildman–Crippen MR) is 130 cm³/mol. The van der Waals surface area contributed by atoms with Crippen LogP contribution in [0.15, 0.2) is 54.6 Å². The molecule has 2 unspecified atom stereocenters. The van der Waals surface area contributed by atoms with Gasteiger partial charge in [0.05, 0.1) is 25.2 Å². The van der Waals surface area contributed by atoms with E-state index in [1.807, 2.05) is 13.8 Å². The molecule has 1 heterocycles. The zero-order valence-electron chi connectivity index (χ0n) is 20.6. The lowest BCUT2D eigenvalue weighted by atomic mass is 9.94. The molecule has 0 bridgehead atoms. The molecule has 0 saturated carbocycles. The quantitative estimate of drug-likeness (QED) is 0.367. The first-order chi connectivity index (χ1) is 17.0. The highest BCUT2D eigenvalue weighted by Gasteiger charge is 2.28. The number of hydrogen-bond donors (Lipinski definition) is 3. The molecule has 0 aliphatic carbocycles. The molecule has 10 heteroatoms. The highest BCUT2D eigenvalue weighted by molar-refractivity contribution is 5.93. The number of aliphatic hydroxyl groups is 1. The lowest BCUT2D eigenvalue weighted by Gasteiger charge is -2.27. The number of nitrogens with one attached hydrogen (secondary N) is 1. The monoisotopic (exact) mass is 499 g/mol. The summed E-state index contributed by atoms with van der Waals surface area (Å²) >= 11 is 0. The van der Waals surface area contributed by atoms with Crippen molar-refractivity contribution in [3.8, 4) is 17.3 Å². The minimum atomic E-state index is -1.19. The average molecular weight is 500 g/mol. The molecule has 0 aliphatic rings. The number of carbonyl (C=O) groups is 2. The second-order valence-corrected chi connectivity index (χ2v) is 8.93. The number of carboxylic acid groups (broad SMARTS) is 1. The van der Waals surface area contributed by atoms with Crippen LogP contribution < -0.4 is 14.8 Å². The summed E-state index contributed by atoms with van der Waals surface area (Å²) in [4.78, 5) is 24.6. The second-order valence-electron chi connectivity index (χ2n) is 8.93. The molecule has 3 rings (SSSR count). The van der Waals surface area contributed by atoms with E-state index in [9.17, 15) is 24.2 Å². The van der Waals surface area contributed by atoms with Gasteiger partial charge >= 0.3 is 5.97 Å². The molecule has 0 spiro atoms. The van der Waals surface area contributed by atoms with E-state index in [0.29, 0.717) is 11.3 Å². The van der Waals surface area contributed by atoms with Crippen molar-refractivity contribution in [1.29, 1.82) is 0 Å². The summed E-state index contributed by atoms with van der Waals surface area (Å²) in [7, 11) is 1.51. The first-order valence-corrected chi connectivity index (χ1v) is 11.4. The number of aromatic nitrogens is 2. The van der Waals surface area contributed by atoms with Gasteiger partial charge in [0.25, 0.3) is 5.91 Å². The lowest BCUT2D eigenvalue weighted by Crippen LogP contribution is -2.38. The van der Waals surface area contributed by atoms with E-state index in [4.69, 9.17) is 9.47 Å². The molecule has 3 aromatic rings. The topological polar surface area (TPSA) is 123 Å². The predicted octanol–water partition coefficient (Wildman–Crippen LogP) is 3.75. The van der Waals surface area contributed by atoms with E-state index < -0.39 is 29.3 Å². The molecule has 0 fully saturated rings. The van der Waals surface area contributed by atoms with Crippen LogP contribution in [0.25, 0.3) is 5.69 Å². The van der Waals surface area contributed by atoms with E-state index in [-0.39, 0.29) is 36.2 Å². The Morgan fingerprint density at radius 2 is 1.83 bits per heavy atom. The van der Waals surface area contributed by atoms with E-state index in [1.165, 1.54) is 31.4 Å². The maximum absolute atomic E-state index is 14.6. The fourth-order valence-electron chi connectivity index (χ4n) is 3.26. The Morgan fingerprint density at radius 3 is 2.42 bits per heavy atom. The van der Waals surface area contributed by atoms with Crippen molar-refractivity contribution in [3.05, 3.63) is 71.7 Å². The Balaban J connectivity index is 1.93. The summed E-state index contributed by atoms with van der Waals surface area (Å²) in [5.74, 6) is -1.87. The van der Waals surface area contributed by atoms with Crippen molar-refractivity contribution in [1.82, 2.24) is 15.1 Å². The fraction of sp³-hybridized carbons (Fsp3) is 0.346. The van der Waals surface area contributed by atoms with Crippen LogP contribution in [-0.4, -0.2) is 51.2 Å². The van der Waals surface area contributed by atoms with Gasteiger partial charge in [-0.3, -0.25) is 9.59 Å². The van der Waals surface area contributed by atoms with Crippen molar-refractivity contribution in [2.24, 2.45) is 5.92 Å². The maximum Gasteiger partial charge on any atom is 0.305 e. The van der Waals surface area contributed by atoms with Crippen molar-refractivity contribution in [2.45, 2.75) is 38.8 Å². The molecule has 36 heavy (non-hydrogen) atoms. The van der Waals surface area contributed by atoms with Gasteiger partial charge in [0.2, 0.25) is 5.88 Å². The number of benzene rings is 2. The number of carboxylic acids is 1. The Bertz CT molecular complexity index is 1210. The summed E-state index contributed by atoms with van der Waals surface area (Å²) in [6, 6.07) is 13.0. The molecule has 2 aromatic carbocycles. The highest BCUT2D eigenvalue weighted by Crippen LogP contribution is 2.26. The van der Waals surface area contributed by atoms with E-state index in [2.05, 4.69) is 10.4 Å². The third-order valence-corrected chi connectivity index (χ3v) is 5.95. The number of halogens is 1. The standard InChI is InChI=1S/C26H30FN3O6/c1-16(2)26(3,34)15-36-23-13-21(29-30(23)22-8-6-5-7-19(22)27)25(33)28-20(14-24(31)32)17-9-11-18(35-4)12-10-17/h5-13,16,20,34H,14-15H2,1-4H3,(H,28,33)(H,31,32). The molecule has 0 saturated heterocycles. The molecule has 192 valence electrons. The highest BCUT2D eigenvalue weighted by atomic mass is 19.1. The van der Waals surface area contributed by atoms with Crippen molar-refractivity contribution >= 4 is 11.9 Å². The number of ether oxygens (including phenoxy) is 2. The number of carbonyl (C=O) groups excluding carboxylic acids is 1. The van der Waals surface area contributed by atoms with Gasteiger partial charge < -0.3 is 25.0 Å². The average Bonchev–Trinajstić information content (AvgIpc) is 3.26. The smallest absolute Gasteiger partial charge is 0.305 e. The SMILES string of the molecule is COc1ccc(C(CC(=O)O)NC(=O)c2cc(OCC(C)(O)C(C)C)n(-c3ccccc3F)n2)cc1. The zero-order valence-corrected chi connectivity index (χ0v) is 20.6. The van der Waals surface area contributed by atoms with Crippen molar-refractivity contribution in [3.63, 3.8) is 0 Å². The third kappa shape index (κ3) is 6.39. The van der Waals surface area contributed by atoms with Gasteiger partial charge in [-0.05, 0) is 42.7 Å². The minimum Gasteiger partial charge on any atom is -0.497 e. The Morgan fingerprint density at radius 1 is 1.17 bits per heavy atom. The molecule has 1 amide bonds. The van der Waals surface area contributed by atoms with Crippen molar-refractivity contribution in [2.75, 3.05) is 13.7 Å². The molecule has 0 aliphatic heterocycles. The zero-order chi connectivity index (χ0) is 26.5. The van der Waals surface area contributed by atoms with Gasteiger partial charge in [-0.15, -0.1) is 0 Å². The number of para-hydroxylation sites is 1. The minimum absolute atomic E-state index is 0.0467. The van der Waals surface area contributed by atoms with Gasteiger partial charge in [-0.1, -0.05) is 38.1 Å². The van der Waals surface area contributed by atoms with E-state index in [0.717, 1.165) is 4.68 Å². The molecule has 1 aromatic heterocycles. The van der Waals surface area contributed by atoms with E-state index in [1.54, 1.807) is 37.3 Å². The fourth-order valence-corrected chi connectivity index (χ4v) is 3.26. The first-order valence-electron chi connectivity index (χ1n) is 11.4. The Labute approximate surface area is 208 Å². The van der Waals surface area contributed by atoms with Crippen LogP contribution in [0.5, 0.6) is 11.6 Å². The second kappa shape index (κ2) is 11.2. The largest absolute Gasteiger partial charge is 0.497 e. The Hall–Kier alpha value is -3.92. The molecule has 2 atom stereocenters. The normalized spacial score (nSPS) is 13.6. The van der Waals surface area contributed by atoms with Crippen molar-refractivity contribution < 1.29 is 33.7 Å².